The summed E-state index contributed by atoms with van der Waals surface area (Å²) in [5, 5.41) is 10.9. The summed E-state index contributed by atoms with van der Waals surface area (Å²) in [7, 11) is 0. The van der Waals surface area contributed by atoms with E-state index in [2.05, 4.69) is 16.7 Å². The topological polar surface area (TPSA) is 114 Å². The van der Waals surface area contributed by atoms with Crippen LogP contribution in [0, 0.1) is 6.92 Å². The van der Waals surface area contributed by atoms with Crippen LogP contribution in [0.3, 0.4) is 0 Å². The SMILES string of the molecule is C=CC(=O)ONC(=O)OCCc1ccc(NC(=O)O)c(C)c1. The quantitative estimate of drug-likeness (QED) is 0.566. The third-order valence-electron chi connectivity index (χ3n) is 2.56. The fraction of sp³-hybridized carbons (Fsp3) is 0.214. The van der Waals surface area contributed by atoms with Crippen LogP contribution in [0.2, 0.25) is 0 Å². The van der Waals surface area contributed by atoms with Crippen molar-refractivity contribution in [2.24, 2.45) is 0 Å². The van der Waals surface area contributed by atoms with E-state index in [0.717, 1.165) is 17.2 Å². The average Bonchev–Trinajstić information content (AvgIpc) is 2.47. The van der Waals surface area contributed by atoms with E-state index in [1.165, 1.54) is 0 Å². The lowest BCUT2D eigenvalue weighted by atomic mass is 10.1. The molecule has 118 valence electrons. The van der Waals surface area contributed by atoms with Gasteiger partial charge in [0.1, 0.15) is 0 Å². The number of ether oxygens (including phenoxy) is 1. The first-order valence-electron chi connectivity index (χ1n) is 6.28. The molecule has 1 rings (SSSR count). The van der Waals surface area contributed by atoms with Gasteiger partial charge >= 0.3 is 18.2 Å². The van der Waals surface area contributed by atoms with Crippen LogP contribution in [-0.4, -0.2) is 29.9 Å². The summed E-state index contributed by atoms with van der Waals surface area (Å²) in [6.07, 6.45) is -0.701. The average molecular weight is 308 g/mol. The van der Waals surface area contributed by atoms with Crippen molar-refractivity contribution in [3.05, 3.63) is 42.0 Å². The number of hydrogen-bond donors (Lipinski definition) is 3. The highest BCUT2D eigenvalue weighted by Gasteiger charge is 2.06. The Labute approximate surface area is 126 Å². The van der Waals surface area contributed by atoms with Gasteiger partial charge in [0.15, 0.2) is 0 Å². The van der Waals surface area contributed by atoms with Gasteiger partial charge in [-0.2, -0.15) is 0 Å². The Morgan fingerprint density at radius 1 is 1.36 bits per heavy atom. The highest BCUT2D eigenvalue weighted by molar-refractivity contribution is 5.84. The maximum atomic E-state index is 11.2. The summed E-state index contributed by atoms with van der Waals surface area (Å²) >= 11 is 0. The molecule has 0 saturated heterocycles. The van der Waals surface area contributed by atoms with Crippen molar-refractivity contribution in [3.8, 4) is 0 Å². The van der Waals surface area contributed by atoms with Gasteiger partial charge in [-0.3, -0.25) is 5.32 Å². The second-order valence-electron chi connectivity index (χ2n) is 4.19. The Morgan fingerprint density at radius 2 is 2.09 bits per heavy atom. The summed E-state index contributed by atoms with van der Waals surface area (Å²) in [5.41, 5.74) is 3.92. The van der Waals surface area contributed by atoms with E-state index in [4.69, 9.17) is 9.84 Å². The van der Waals surface area contributed by atoms with Crippen LogP contribution in [0.1, 0.15) is 11.1 Å². The van der Waals surface area contributed by atoms with Crippen molar-refractivity contribution >= 4 is 23.8 Å². The van der Waals surface area contributed by atoms with E-state index in [1.54, 1.807) is 30.6 Å². The number of benzene rings is 1. The highest BCUT2D eigenvalue weighted by Crippen LogP contribution is 2.16. The lowest BCUT2D eigenvalue weighted by Crippen LogP contribution is -2.27. The normalized spacial score (nSPS) is 9.50. The third-order valence-corrected chi connectivity index (χ3v) is 2.56. The van der Waals surface area contributed by atoms with Crippen LogP contribution < -0.4 is 10.8 Å². The molecule has 8 nitrogen and oxygen atoms in total. The van der Waals surface area contributed by atoms with Gasteiger partial charge in [-0.15, -0.1) is 5.48 Å². The molecule has 0 fully saturated rings. The second kappa shape index (κ2) is 8.30. The predicted molar refractivity (Wildman–Crippen MR) is 77.3 cm³/mol. The van der Waals surface area contributed by atoms with Crippen molar-refractivity contribution in [3.63, 3.8) is 0 Å². The maximum absolute atomic E-state index is 11.2. The molecule has 0 aliphatic carbocycles. The molecule has 0 aliphatic heterocycles. The van der Waals surface area contributed by atoms with E-state index < -0.39 is 18.2 Å². The minimum atomic E-state index is -1.13. The molecule has 1 aromatic rings. The van der Waals surface area contributed by atoms with E-state index >= 15 is 0 Å². The molecular formula is C14H16N2O6. The van der Waals surface area contributed by atoms with Gasteiger partial charge in [0.25, 0.3) is 0 Å². The van der Waals surface area contributed by atoms with Gasteiger partial charge < -0.3 is 14.7 Å². The summed E-state index contributed by atoms with van der Waals surface area (Å²) in [4.78, 5) is 36.7. The van der Waals surface area contributed by atoms with Gasteiger partial charge in [-0.25, -0.2) is 14.4 Å². The summed E-state index contributed by atoms with van der Waals surface area (Å²) in [5.74, 6) is -0.797. The van der Waals surface area contributed by atoms with Crippen LogP contribution in [-0.2, 0) is 20.8 Å². The number of aryl methyl sites for hydroxylation is 1. The molecule has 0 spiro atoms. The van der Waals surface area contributed by atoms with E-state index in [-0.39, 0.29) is 6.61 Å². The zero-order valence-corrected chi connectivity index (χ0v) is 11.9. The van der Waals surface area contributed by atoms with Crippen LogP contribution in [0.25, 0.3) is 0 Å². The van der Waals surface area contributed by atoms with Crippen LogP contribution in [0.15, 0.2) is 30.9 Å². The molecule has 0 radical (unpaired) electrons. The summed E-state index contributed by atoms with van der Waals surface area (Å²) in [6.45, 7) is 5.00. The first kappa shape index (κ1) is 17.0. The van der Waals surface area contributed by atoms with Gasteiger partial charge in [-0.1, -0.05) is 18.7 Å². The first-order chi connectivity index (χ1) is 10.4. The Morgan fingerprint density at radius 3 is 2.68 bits per heavy atom. The van der Waals surface area contributed by atoms with E-state index in [0.29, 0.717) is 12.1 Å². The molecule has 0 saturated carbocycles. The number of nitrogens with one attached hydrogen (secondary N) is 2. The molecular weight excluding hydrogens is 292 g/mol. The predicted octanol–water partition coefficient (Wildman–Crippen LogP) is 2.00. The molecule has 1 aromatic carbocycles. The smallest absolute Gasteiger partial charge is 0.440 e. The molecule has 2 amide bonds. The minimum Gasteiger partial charge on any atom is -0.465 e. The van der Waals surface area contributed by atoms with Crippen LogP contribution in [0.4, 0.5) is 15.3 Å². The Kier molecular flexibility index (Phi) is 6.42. The zero-order chi connectivity index (χ0) is 16.5. The minimum absolute atomic E-state index is 0.0720. The van der Waals surface area contributed by atoms with Crippen molar-refractivity contribution in [1.29, 1.82) is 0 Å². The highest BCUT2D eigenvalue weighted by atomic mass is 16.7. The van der Waals surface area contributed by atoms with Gasteiger partial charge in [0.2, 0.25) is 0 Å². The summed E-state index contributed by atoms with van der Waals surface area (Å²) in [6, 6.07) is 5.13. The van der Waals surface area contributed by atoms with Gasteiger partial charge in [0, 0.05) is 18.2 Å². The summed E-state index contributed by atoms with van der Waals surface area (Å²) < 4.78 is 4.80. The van der Waals surface area contributed by atoms with Crippen molar-refractivity contribution in [2.45, 2.75) is 13.3 Å². The van der Waals surface area contributed by atoms with Gasteiger partial charge in [0.05, 0.1) is 6.61 Å². The van der Waals surface area contributed by atoms with Gasteiger partial charge in [-0.05, 0) is 24.1 Å². The number of rotatable bonds is 5. The molecule has 3 N–H and O–H groups in total. The van der Waals surface area contributed by atoms with Crippen molar-refractivity contribution in [1.82, 2.24) is 5.48 Å². The molecule has 0 bridgehead atoms. The maximum Gasteiger partial charge on any atom is 0.440 e. The molecule has 22 heavy (non-hydrogen) atoms. The number of carboxylic acid groups (broad SMARTS) is 1. The van der Waals surface area contributed by atoms with E-state index in [9.17, 15) is 14.4 Å². The monoisotopic (exact) mass is 308 g/mol. The van der Waals surface area contributed by atoms with Crippen molar-refractivity contribution < 1.29 is 29.1 Å². The first-order valence-corrected chi connectivity index (χ1v) is 6.28. The Balaban J connectivity index is 2.40. The lowest BCUT2D eigenvalue weighted by Gasteiger charge is -2.09. The molecule has 8 heteroatoms. The number of hydrogen-bond acceptors (Lipinski definition) is 5. The fourth-order valence-electron chi connectivity index (χ4n) is 1.56. The molecule has 0 heterocycles. The standard InChI is InChI=1S/C14H16N2O6/c1-3-12(17)22-16-14(20)21-7-6-10-4-5-11(9(2)8-10)15-13(18)19/h3-5,8,15H,1,6-7H2,2H3,(H,16,20)(H,18,19). The molecule has 0 aromatic heterocycles. The third kappa shape index (κ3) is 5.95. The number of carbonyl (C=O) groups is 3. The number of anilines is 1. The van der Waals surface area contributed by atoms with E-state index in [1.807, 2.05) is 0 Å². The largest absolute Gasteiger partial charge is 0.465 e. The van der Waals surface area contributed by atoms with Crippen molar-refractivity contribution in [2.75, 3.05) is 11.9 Å². The van der Waals surface area contributed by atoms with Crippen LogP contribution >= 0.6 is 0 Å². The number of carbonyl (C=O) groups excluding carboxylic acids is 2. The Hall–Kier alpha value is -3.03. The zero-order valence-electron chi connectivity index (χ0n) is 11.9. The number of hydroxylamine groups is 1. The molecule has 0 unspecified atom stereocenters. The van der Waals surface area contributed by atoms with Crippen LogP contribution in [0.5, 0.6) is 0 Å². The molecule has 0 atom stereocenters. The lowest BCUT2D eigenvalue weighted by molar-refractivity contribution is -0.143. The second-order valence-corrected chi connectivity index (χ2v) is 4.19. The fourth-order valence-corrected chi connectivity index (χ4v) is 1.56. The Bertz CT molecular complexity index is 585. The molecule has 0 aliphatic rings. The number of amides is 2.